The molecule has 0 unspecified atom stereocenters. The molecule has 7 aromatic carbocycles. The molecule has 0 atom stereocenters. The van der Waals surface area contributed by atoms with Crippen molar-refractivity contribution in [2.24, 2.45) is 0 Å². The predicted octanol–water partition coefficient (Wildman–Crippen LogP) is 10.8. The van der Waals surface area contributed by atoms with Crippen LogP contribution in [0.1, 0.15) is 0 Å². The highest BCUT2D eigenvalue weighted by molar-refractivity contribution is 6.30. The van der Waals surface area contributed by atoms with E-state index < -0.39 is 0 Å². The van der Waals surface area contributed by atoms with E-state index >= 15 is 0 Å². The van der Waals surface area contributed by atoms with E-state index in [0.29, 0.717) is 0 Å². The Hall–Kier alpha value is -4.39. The summed E-state index contributed by atoms with van der Waals surface area (Å²) in [6.07, 6.45) is 0. The van der Waals surface area contributed by atoms with Crippen LogP contribution in [0.3, 0.4) is 0 Å². The lowest BCUT2D eigenvalue weighted by Gasteiger charge is -2.14. The van der Waals surface area contributed by atoms with E-state index in [4.69, 9.17) is 11.6 Å². The van der Waals surface area contributed by atoms with Crippen LogP contribution in [0.2, 0.25) is 5.02 Å². The maximum atomic E-state index is 6.20. The van der Waals surface area contributed by atoms with Gasteiger partial charge in [0.2, 0.25) is 0 Å². The SMILES string of the molecule is Clc1ccc(-c2cc(-c3ccccc3)cc(-c3ccc4c5ccccc5c5ccccc5c4c3)c2)cc1. The summed E-state index contributed by atoms with van der Waals surface area (Å²) in [5.74, 6) is 0. The topological polar surface area (TPSA) is 0 Å². The molecule has 0 N–H and O–H groups in total. The van der Waals surface area contributed by atoms with Gasteiger partial charge in [0, 0.05) is 5.02 Å². The molecule has 0 bridgehead atoms. The summed E-state index contributed by atoms with van der Waals surface area (Å²) in [6, 6.07) is 49.9. The average molecular weight is 491 g/mol. The second-order valence-electron chi connectivity index (χ2n) is 9.52. The van der Waals surface area contributed by atoms with Crippen LogP contribution in [0, 0.1) is 0 Å². The molecule has 0 aliphatic rings. The van der Waals surface area contributed by atoms with Crippen molar-refractivity contribution in [3.05, 3.63) is 145 Å². The van der Waals surface area contributed by atoms with Crippen LogP contribution in [-0.4, -0.2) is 0 Å². The maximum absolute atomic E-state index is 6.20. The first-order chi connectivity index (χ1) is 18.2. The van der Waals surface area contributed by atoms with Crippen molar-refractivity contribution in [1.82, 2.24) is 0 Å². The molecule has 0 spiro atoms. The first kappa shape index (κ1) is 21.9. The van der Waals surface area contributed by atoms with Gasteiger partial charge in [0.05, 0.1) is 0 Å². The van der Waals surface area contributed by atoms with E-state index in [1.807, 2.05) is 12.1 Å². The standard InChI is InChI=1S/C36H23Cl/c37-30-17-14-25(15-18-30)28-20-27(24-8-2-1-3-9-24)21-29(22-28)26-16-19-35-33-12-5-4-10-31(33)32-11-6-7-13-34(32)36(35)23-26/h1-23H. The summed E-state index contributed by atoms with van der Waals surface area (Å²) in [6.45, 7) is 0. The first-order valence-electron chi connectivity index (χ1n) is 12.5. The van der Waals surface area contributed by atoms with Gasteiger partial charge in [0.1, 0.15) is 0 Å². The molecule has 0 aromatic heterocycles. The van der Waals surface area contributed by atoms with Gasteiger partial charge in [-0.15, -0.1) is 0 Å². The minimum atomic E-state index is 0.747. The molecular weight excluding hydrogens is 468 g/mol. The lowest BCUT2D eigenvalue weighted by molar-refractivity contribution is 1.57. The van der Waals surface area contributed by atoms with E-state index in [9.17, 15) is 0 Å². The lowest BCUT2D eigenvalue weighted by atomic mass is 9.90. The van der Waals surface area contributed by atoms with Gasteiger partial charge >= 0.3 is 0 Å². The van der Waals surface area contributed by atoms with Gasteiger partial charge < -0.3 is 0 Å². The molecule has 174 valence electrons. The molecule has 1 heteroatoms. The zero-order valence-corrected chi connectivity index (χ0v) is 20.9. The second kappa shape index (κ2) is 8.92. The summed E-state index contributed by atoms with van der Waals surface area (Å²) < 4.78 is 0. The highest BCUT2D eigenvalue weighted by Crippen LogP contribution is 2.39. The number of hydrogen-bond donors (Lipinski definition) is 0. The third-order valence-corrected chi connectivity index (χ3v) is 7.55. The van der Waals surface area contributed by atoms with Crippen molar-refractivity contribution in [2.75, 3.05) is 0 Å². The minimum Gasteiger partial charge on any atom is -0.0843 e. The van der Waals surface area contributed by atoms with Gasteiger partial charge in [0.15, 0.2) is 0 Å². The molecule has 0 aliphatic heterocycles. The molecule has 37 heavy (non-hydrogen) atoms. The van der Waals surface area contributed by atoms with Crippen molar-refractivity contribution in [3.63, 3.8) is 0 Å². The summed E-state index contributed by atoms with van der Waals surface area (Å²) in [5.41, 5.74) is 7.15. The molecule has 0 aliphatic carbocycles. The van der Waals surface area contributed by atoms with Crippen LogP contribution < -0.4 is 0 Å². The third-order valence-electron chi connectivity index (χ3n) is 7.30. The number of rotatable bonds is 3. The fourth-order valence-electron chi connectivity index (χ4n) is 5.49. The van der Waals surface area contributed by atoms with Crippen LogP contribution in [0.4, 0.5) is 0 Å². The molecule has 0 saturated heterocycles. The summed E-state index contributed by atoms with van der Waals surface area (Å²) in [7, 11) is 0. The van der Waals surface area contributed by atoms with Crippen molar-refractivity contribution >= 4 is 43.9 Å². The van der Waals surface area contributed by atoms with Crippen LogP contribution in [0.5, 0.6) is 0 Å². The lowest BCUT2D eigenvalue weighted by Crippen LogP contribution is -1.88. The van der Waals surface area contributed by atoms with Gasteiger partial charge in [-0.05, 0) is 102 Å². The van der Waals surface area contributed by atoms with Crippen molar-refractivity contribution in [2.45, 2.75) is 0 Å². The summed E-state index contributed by atoms with van der Waals surface area (Å²) >= 11 is 6.20. The van der Waals surface area contributed by atoms with Crippen molar-refractivity contribution in [1.29, 1.82) is 0 Å². The van der Waals surface area contributed by atoms with Gasteiger partial charge in [-0.2, -0.15) is 0 Å². The average Bonchev–Trinajstić information content (AvgIpc) is 2.98. The Balaban J connectivity index is 1.50. The van der Waals surface area contributed by atoms with E-state index in [0.717, 1.165) is 10.6 Å². The fourth-order valence-corrected chi connectivity index (χ4v) is 5.61. The van der Waals surface area contributed by atoms with E-state index in [-0.39, 0.29) is 0 Å². The monoisotopic (exact) mass is 490 g/mol. The van der Waals surface area contributed by atoms with Crippen LogP contribution in [0.15, 0.2) is 140 Å². The van der Waals surface area contributed by atoms with E-state index in [2.05, 4.69) is 127 Å². The summed E-state index contributed by atoms with van der Waals surface area (Å²) in [5, 5.41) is 8.49. The Morgan fingerprint density at radius 3 is 1.24 bits per heavy atom. The molecule has 7 rings (SSSR count). The van der Waals surface area contributed by atoms with Crippen LogP contribution in [0.25, 0.3) is 65.7 Å². The zero-order valence-electron chi connectivity index (χ0n) is 20.2. The van der Waals surface area contributed by atoms with Gasteiger partial charge in [-0.3, -0.25) is 0 Å². The fraction of sp³-hybridized carbons (Fsp3) is 0. The molecule has 0 amide bonds. The quantitative estimate of drug-likeness (QED) is 0.216. The van der Waals surface area contributed by atoms with E-state index in [1.165, 1.54) is 60.1 Å². The van der Waals surface area contributed by atoms with Crippen molar-refractivity contribution in [3.8, 4) is 33.4 Å². The Bertz CT molecular complexity index is 1880. The third kappa shape index (κ3) is 3.87. The maximum Gasteiger partial charge on any atom is 0.0406 e. The molecular formula is C36H23Cl. The normalized spacial score (nSPS) is 11.4. The minimum absolute atomic E-state index is 0.747. The highest BCUT2D eigenvalue weighted by Gasteiger charge is 2.12. The largest absolute Gasteiger partial charge is 0.0843 e. The molecule has 0 saturated carbocycles. The predicted molar refractivity (Wildman–Crippen MR) is 160 cm³/mol. The Kier molecular flexibility index (Phi) is 5.27. The Morgan fingerprint density at radius 2 is 0.676 bits per heavy atom. The number of benzene rings is 7. The zero-order chi connectivity index (χ0) is 24.8. The van der Waals surface area contributed by atoms with Crippen LogP contribution in [-0.2, 0) is 0 Å². The number of hydrogen-bond acceptors (Lipinski definition) is 0. The first-order valence-corrected chi connectivity index (χ1v) is 12.9. The molecule has 0 nitrogen and oxygen atoms in total. The Morgan fingerprint density at radius 1 is 0.270 bits per heavy atom. The molecule has 0 fully saturated rings. The van der Waals surface area contributed by atoms with E-state index in [1.54, 1.807) is 0 Å². The molecule has 7 aromatic rings. The second-order valence-corrected chi connectivity index (χ2v) is 9.96. The number of halogens is 1. The molecule has 0 radical (unpaired) electrons. The molecule has 0 heterocycles. The van der Waals surface area contributed by atoms with Gasteiger partial charge in [-0.25, -0.2) is 0 Å². The highest BCUT2D eigenvalue weighted by atomic mass is 35.5. The smallest absolute Gasteiger partial charge is 0.0406 e. The van der Waals surface area contributed by atoms with Gasteiger partial charge in [-0.1, -0.05) is 115 Å². The van der Waals surface area contributed by atoms with Crippen molar-refractivity contribution < 1.29 is 0 Å². The Labute approximate surface area is 221 Å². The number of fused-ring (bicyclic) bond motifs is 6. The van der Waals surface area contributed by atoms with Crippen LogP contribution >= 0.6 is 11.6 Å². The van der Waals surface area contributed by atoms with Gasteiger partial charge in [0.25, 0.3) is 0 Å². The summed E-state index contributed by atoms with van der Waals surface area (Å²) in [4.78, 5) is 0.